The van der Waals surface area contributed by atoms with Crippen LogP contribution in [0.1, 0.15) is 43.5 Å². The normalized spacial score (nSPS) is 21.2. The second kappa shape index (κ2) is 9.14. The third-order valence-corrected chi connectivity index (χ3v) is 9.41. The van der Waals surface area contributed by atoms with Crippen molar-refractivity contribution in [3.8, 4) is 5.75 Å². The van der Waals surface area contributed by atoms with E-state index in [1.807, 2.05) is 6.92 Å². The number of carbonyl (C=O) groups is 1. The zero-order valence-corrected chi connectivity index (χ0v) is 20.5. The molecule has 2 aromatic carbocycles. The lowest BCUT2D eigenvalue weighted by atomic mass is 10.1. The molecule has 0 aliphatic carbocycles. The molecule has 2 bridgehead atoms. The highest BCUT2D eigenvalue weighted by Crippen LogP contribution is 2.41. The van der Waals surface area contributed by atoms with E-state index in [0.717, 1.165) is 24.6 Å². The number of fused-ring (bicyclic) bond motifs is 2. The number of hydrogen-bond donors (Lipinski definition) is 0. The van der Waals surface area contributed by atoms with Gasteiger partial charge >= 0.3 is 0 Å². The van der Waals surface area contributed by atoms with E-state index in [1.165, 1.54) is 12.1 Å². The van der Waals surface area contributed by atoms with Gasteiger partial charge in [-0.15, -0.1) is 0 Å². The minimum atomic E-state index is -3.45. The Balaban J connectivity index is 1.64. The number of methoxy groups -OCH3 is 1. The van der Waals surface area contributed by atoms with Crippen molar-refractivity contribution in [3.05, 3.63) is 52.8 Å². The summed E-state index contributed by atoms with van der Waals surface area (Å²) in [6, 6.07) is 8.85. The van der Waals surface area contributed by atoms with E-state index >= 15 is 0 Å². The maximum Gasteiger partial charge on any atom is 0.255 e. The Morgan fingerprint density at radius 2 is 1.85 bits per heavy atom. The molecule has 4 rings (SSSR count). The van der Waals surface area contributed by atoms with Crippen molar-refractivity contribution in [1.82, 2.24) is 4.90 Å². The van der Waals surface area contributed by atoms with E-state index in [-0.39, 0.29) is 33.5 Å². The van der Waals surface area contributed by atoms with E-state index in [1.54, 1.807) is 37.1 Å². The van der Waals surface area contributed by atoms with E-state index < -0.39 is 20.9 Å². The van der Waals surface area contributed by atoms with Crippen LogP contribution in [0.25, 0.3) is 0 Å². The van der Waals surface area contributed by atoms with Crippen molar-refractivity contribution in [1.29, 1.82) is 0 Å². The summed E-state index contributed by atoms with van der Waals surface area (Å²) in [7, 11) is -1.88. The highest BCUT2D eigenvalue weighted by Gasteiger charge is 2.43. The average Bonchev–Trinajstić information content (AvgIpc) is 3.06. The predicted octanol–water partition coefficient (Wildman–Crippen LogP) is 4.55. The van der Waals surface area contributed by atoms with Crippen molar-refractivity contribution in [2.45, 2.75) is 55.3 Å². The van der Waals surface area contributed by atoms with Gasteiger partial charge < -0.3 is 14.5 Å². The monoisotopic (exact) mass is 494 g/mol. The van der Waals surface area contributed by atoms with Crippen LogP contribution in [0.3, 0.4) is 0 Å². The Morgan fingerprint density at radius 3 is 2.42 bits per heavy atom. The first-order chi connectivity index (χ1) is 15.7. The molecule has 0 spiro atoms. The fourth-order valence-corrected chi connectivity index (χ4v) is 6.48. The molecule has 2 fully saturated rings. The Bertz CT molecular complexity index is 1160. The van der Waals surface area contributed by atoms with Crippen LogP contribution in [0.5, 0.6) is 5.75 Å². The number of hydrogen-bond acceptors (Lipinski definition) is 5. The van der Waals surface area contributed by atoms with Crippen LogP contribution in [0.4, 0.5) is 10.1 Å². The predicted molar refractivity (Wildman–Crippen MR) is 127 cm³/mol. The number of likely N-dealkylation sites (tertiary alicyclic amines) is 1. The van der Waals surface area contributed by atoms with Gasteiger partial charge in [-0.25, -0.2) is 12.8 Å². The van der Waals surface area contributed by atoms with Gasteiger partial charge in [-0.05, 0) is 62.6 Å². The van der Waals surface area contributed by atoms with Crippen LogP contribution < -0.4 is 9.64 Å². The van der Waals surface area contributed by atoms with E-state index in [0.29, 0.717) is 25.3 Å². The topological polar surface area (TPSA) is 66.9 Å². The number of halogens is 2. The maximum atomic E-state index is 13.4. The van der Waals surface area contributed by atoms with Crippen molar-refractivity contribution in [3.63, 3.8) is 0 Å². The second-order valence-corrected chi connectivity index (χ2v) is 11.5. The van der Waals surface area contributed by atoms with Gasteiger partial charge in [-0.2, -0.15) is 0 Å². The number of ether oxygens (including phenoxy) is 1. The number of piperazine rings is 1. The number of amides is 1. The third kappa shape index (κ3) is 4.30. The summed E-state index contributed by atoms with van der Waals surface area (Å²) >= 11 is 6.12. The van der Waals surface area contributed by atoms with Crippen LogP contribution in [-0.2, 0) is 9.84 Å². The number of anilines is 1. The SMILES string of the molecule is CC[C@H](C)S(=O)(=O)c1ccc(OC)c(N2[C@@H]3CC[C@H]2CN(C(=O)c2ccc(F)cc2Cl)C3)c1. The molecule has 0 N–H and O–H groups in total. The number of nitrogens with zero attached hydrogens (tertiary/aromatic N) is 2. The van der Waals surface area contributed by atoms with Gasteiger partial charge in [0, 0.05) is 25.2 Å². The third-order valence-electron chi connectivity index (χ3n) is 6.79. The van der Waals surface area contributed by atoms with Gasteiger partial charge in [0.1, 0.15) is 11.6 Å². The quantitative estimate of drug-likeness (QED) is 0.589. The fraction of sp³-hybridized carbons (Fsp3) is 0.458. The van der Waals surface area contributed by atoms with Crippen molar-refractivity contribution in [2.75, 3.05) is 25.1 Å². The number of sulfone groups is 1. The summed E-state index contributed by atoms with van der Waals surface area (Å²) in [5, 5.41) is -0.384. The first kappa shape index (κ1) is 23.8. The summed E-state index contributed by atoms with van der Waals surface area (Å²) in [6.07, 6.45) is 2.27. The lowest BCUT2D eigenvalue weighted by molar-refractivity contribution is 0.0718. The molecule has 2 heterocycles. The largest absolute Gasteiger partial charge is 0.495 e. The highest BCUT2D eigenvalue weighted by atomic mass is 35.5. The molecule has 33 heavy (non-hydrogen) atoms. The molecule has 2 aromatic rings. The second-order valence-electron chi connectivity index (χ2n) is 8.72. The molecular formula is C24H28ClFN2O4S. The summed E-state index contributed by atoms with van der Waals surface area (Å²) in [6.45, 7) is 4.51. The molecule has 0 saturated carbocycles. The van der Waals surface area contributed by atoms with Crippen molar-refractivity contribution >= 4 is 33.0 Å². The maximum absolute atomic E-state index is 13.4. The Kier molecular flexibility index (Phi) is 6.60. The standard InChI is InChI=1S/C24H28ClFN2O4S/c1-4-15(2)33(30,31)19-8-10-23(32-3)22(12-19)28-17-6-7-18(28)14-27(13-17)24(29)20-9-5-16(26)11-21(20)25/h5,8-12,15,17-18H,4,6-7,13-14H2,1-3H3/t15-,17-,18+/m0/s1. The fourth-order valence-electron chi connectivity index (χ4n) is 4.80. The molecule has 0 radical (unpaired) electrons. The number of carbonyl (C=O) groups excluding carboxylic acids is 1. The lowest BCUT2D eigenvalue weighted by Gasteiger charge is -2.43. The molecule has 6 nitrogen and oxygen atoms in total. The molecular weight excluding hydrogens is 467 g/mol. The molecule has 1 amide bonds. The molecule has 9 heteroatoms. The average molecular weight is 495 g/mol. The smallest absolute Gasteiger partial charge is 0.255 e. The van der Waals surface area contributed by atoms with Gasteiger partial charge in [0.05, 0.1) is 33.5 Å². The molecule has 178 valence electrons. The summed E-state index contributed by atoms with van der Waals surface area (Å²) < 4.78 is 45.0. The van der Waals surface area contributed by atoms with Crippen LogP contribution in [-0.4, -0.2) is 56.8 Å². The Hall–Kier alpha value is -2.32. The summed E-state index contributed by atoms with van der Waals surface area (Å²) in [5.41, 5.74) is 1.02. The summed E-state index contributed by atoms with van der Waals surface area (Å²) in [5.74, 6) is -0.103. The first-order valence-electron chi connectivity index (χ1n) is 11.1. The minimum Gasteiger partial charge on any atom is -0.495 e. The molecule has 2 aliphatic heterocycles. The van der Waals surface area contributed by atoms with Gasteiger partial charge in [0.25, 0.3) is 5.91 Å². The minimum absolute atomic E-state index is 0.0161. The van der Waals surface area contributed by atoms with Crippen molar-refractivity contribution < 1.29 is 22.3 Å². The highest BCUT2D eigenvalue weighted by molar-refractivity contribution is 7.92. The van der Waals surface area contributed by atoms with E-state index in [9.17, 15) is 17.6 Å². The summed E-state index contributed by atoms with van der Waals surface area (Å²) in [4.78, 5) is 17.3. The zero-order valence-electron chi connectivity index (χ0n) is 18.9. The van der Waals surface area contributed by atoms with Crippen LogP contribution in [0.2, 0.25) is 5.02 Å². The van der Waals surface area contributed by atoms with Crippen LogP contribution >= 0.6 is 11.6 Å². The molecule has 2 saturated heterocycles. The van der Waals surface area contributed by atoms with Crippen LogP contribution in [0.15, 0.2) is 41.3 Å². The molecule has 3 atom stereocenters. The molecule has 0 aromatic heterocycles. The van der Waals surface area contributed by atoms with Gasteiger partial charge in [0.2, 0.25) is 0 Å². The lowest BCUT2D eigenvalue weighted by Crippen LogP contribution is -2.55. The van der Waals surface area contributed by atoms with Gasteiger partial charge in [-0.3, -0.25) is 4.79 Å². The van der Waals surface area contributed by atoms with Crippen LogP contribution in [0, 0.1) is 5.82 Å². The Morgan fingerprint density at radius 1 is 1.18 bits per heavy atom. The Labute approximate surface area is 199 Å². The van der Waals surface area contributed by atoms with E-state index in [2.05, 4.69) is 4.90 Å². The van der Waals surface area contributed by atoms with Gasteiger partial charge in [-0.1, -0.05) is 18.5 Å². The van der Waals surface area contributed by atoms with Crippen molar-refractivity contribution in [2.24, 2.45) is 0 Å². The van der Waals surface area contributed by atoms with E-state index in [4.69, 9.17) is 16.3 Å². The zero-order chi connectivity index (χ0) is 23.9. The first-order valence-corrected chi connectivity index (χ1v) is 13.0. The van der Waals surface area contributed by atoms with Gasteiger partial charge in [0.15, 0.2) is 9.84 Å². The molecule has 2 aliphatic rings. The molecule has 0 unspecified atom stereocenters. The number of benzene rings is 2. The number of rotatable bonds is 6.